The van der Waals surface area contributed by atoms with Gasteiger partial charge in [-0.1, -0.05) is 121 Å². The van der Waals surface area contributed by atoms with Crippen molar-refractivity contribution in [3.8, 4) is 22.3 Å². The van der Waals surface area contributed by atoms with Gasteiger partial charge in [-0.05, 0) is 81.6 Å². The number of furan rings is 1. The molecular formula is C46H29NOS. The smallest absolute Gasteiger partial charge is 0.137 e. The van der Waals surface area contributed by atoms with E-state index in [1.165, 1.54) is 53.2 Å². The van der Waals surface area contributed by atoms with Crippen LogP contribution in [-0.2, 0) is 0 Å². The Morgan fingerprint density at radius 2 is 1.00 bits per heavy atom. The molecule has 8 aromatic carbocycles. The number of anilines is 3. The quantitative estimate of drug-likeness (QED) is 0.186. The first-order valence-corrected chi connectivity index (χ1v) is 17.4. The van der Waals surface area contributed by atoms with Gasteiger partial charge in [-0.15, -0.1) is 11.3 Å². The Hall–Kier alpha value is -6.16. The molecule has 2 aromatic heterocycles. The lowest BCUT2D eigenvalue weighted by Crippen LogP contribution is -2.10. The predicted molar refractivity (Wildman–Crippen MR) is 210 cm³/mol. The molecule has 2 heterocycles. The van der Waals surface area contributed by atoms with E-state index in [4.69, 9.17) is 4.42 Å². The monoisotopic (exact) mass is 643 g/mol. The summed E-state index contributed by atoms with van der Waals surface area (Å²) >= 11 is 1.87. The fraction of sp³-hybridized carbons (Fsp3) is 0. The van der Waals surface area contributed by atoms with E-state index in [0.29, 0.717) is 0 Å². The standard InChI is InChI=1S/C46H29NOS/c1-3-11-30(12-4-1)36-24-20-33(27-41(36)31-13-5-2-6-14-31)47(35-21-25-39-38-17-9-10-18-43(38)48-44(39)29-35)34-22-26-45-42(28-34)40-23-19-32-15-7-8-16-37(32)46(40)49-45/h1-29H. The third-order valence-electron chi connectivity index (χ3n) is 9.65. The predicted octanol–water partition coefficient (Wildman–Crippen LogP) is 13.9. The van der Waals surface area contributed by atoms with E-state index >= 15 is 0 Å². The van der Waals surface area contributed by atoms with E-state index < -0.39 is 0 Å². The van der Waals surface area contributed by atoms with Gasteiger partial charge >= 0.3 is 0 Å². The normalized spacial score (nSPS) is 11.7. The third kappa shape index (κ3) is 4.62. The molecule has 10 aromatic rings. The molecule has 49 heavy (non-hydrogen) atoms. The van der Waals surface area contributed by atoms with Crippen molar-refractivity contribution in [3.05, 3.63) is 176 Å². The highest BCUT2D eigenvalue weighted by Gasteiger charge is 2.19. The van der Waals surface area contributed by atoms with Crippen LogP contribution < -0.4 is 4.90 Å². The third-order valence-corrected chi connectivity index (χ3v) is 10.9. The fourth-order valence-corrected chi connectivity index (χ4v) is 8.55. The molecule has 3 heteroatoms. The van der Waals surface area contributed by atoms with Crippen LogP contribution in [-0.4, -0.2) is 0 Å². The number of nitrogens with zero attached hydrogens (tertiary/aromatic N) is 1. The first-order chi connectivity index (χ1) is 24.3. The Balaban J connectivity index is 1.22. The van der Waals surface area contributed by atoms with E-state index in [2.05, 4.69) is 169 Å². The topological polar surface area (TPSA) is 16.4 Å². The van der Waals surface area contributed by atoms with Crippen LogP contribution in [0.1, 0.15) is 0 Å². The molecule has 0 saturated heterocycles. The maximum absolute atomic E-state index is 6.42. The molecule has 0 bridgehead atoms. The van der Waals surface area contributed by atoms with Crippen molar-refractivity contribution in [3.63, 3.8) is 0 Å². The molecule has 2 nitrogen and oxygen atoms in total. The minimum Gasteiger partial charge on any atom is -0.456 e. The summed E-state index contributed by atoms with van der Waals surface area (Å²) in [6.45, 7) is 0. The SMILES string of the molecule is c1ccc(-c2ccc(N(c3ccc4c(c3)oc3ccccc34)c3ccc4sc5c6ccccc6ccc5c4c3)cc2-c2ccccc2)cc1. The van der Waals surface area contributed by atoms with Crippen molar-refractivity contribution in [1.82, 2.24) is 0 Å². The van der Waals surface area contributed by atoms with Crippen LogP contribution in [0.15, 0.2) is 180 Å². The van der Waals surface area contributed by atoms with Gasteiger partial charge in [0, 0.05) is 54.1 Å². The molecule has 0 radical (unpaired) electrons. The van der Waals surface area contributed by atoms with Crippen molar-refractivity contribution in [2.45, 2.75) is 0 Å². The molecular weight excluding hydrogens is 615 g/mol. The highest BCUT2D eigenvalue weighted by atomic mass is 32.1. The molecule has 0 spiro atoms. The Morgan fingerprint density at radius 1 is 0.388 bits per heavy atom. The highest BCUT2D eigenvalue weighted by molar-refractivity contribution is 7.26. The van der Waals surface area contributed by atoms with Gasteiger partial charge in [0.1, 0.15) is 11.2 Å². The summed E-state index contributed by atoms with van der Waals surface area (Å²) in [4.78, 5) is 2.37. The lowest BCUT2D eigenvalue weighted by molar-refractivity contribution is 0.669. The van der Waals surface area contributed by atoms with Crippen LogP contribution in [0.2, 0.25) is 0 Å². The van der Waals surface area contributed by atoms with Crippen molar-refractivity contribution in [2.75, 3.05) is 4.90 Å². The number of benzene rings is 8. The number of fused-ring (bicyclic) bond motifs is 8. The fourth-order valence-electron chi connectivity index (χ4n) is 7.33. The van der Waals surface area contributed by atoms with Gasteiger partial charge in [-0.2, -0.15) is 0 Å². The summed E-state index contributed by atoms with van der Waals surface area (Å²) < 4.78 is 9.03. The summed E-state index contributed by atoms with van der Waals surface area (Å²) in [5.74, 6) is 0. The van der Waals surface area contributed by atoms with E-state index in [0.717, 1.165) is 39.0 Å². The van der Waals surface area contributed by atoms with Gasteiger partial charge in [-0.3, -0.25) is 0 Å². The van der Waals surface area contributed by atoms with Crippen LogP contribution in [0.4, 0.5) is 17.1 Å². The zero-order valence-corrected chi connectivity index (χ0v) is 27.3. The Bertz CT molecular complexity index is 2830. The lowest BCUT2D eigenvalue weighted by atomic mass is 9.93. The van der Waals surface area contributed by atoms with Crippen LogP contribution in [0.25, 0.3) is 75.1 Å². The average molecular weight is 644 g/mol. The van der Waals surface area contributed by atoms with E-state index in [9.17, 15) is 0 Å². The van der Waals surface area contributed by atoms with Gasteiger partial charge in [0.2, 0.25) is 0 Å². The van der Waals surface area contributed by atoms with Crippen molar-refractivity contribution >= 4 is 81.3 Å². The zero-order valence-electron chi connectivity index (χ0n) is 26.5. The number of thiophene rings is 1. The minimum absolute atomic E-state index is 0.876. The molecule has 0 fully saturated rings. The highest BCUT2D eigenvalue weighted by Crippen LogP contribution is 2.45. The molecule has 0 amide bonds. The molecule has 0 unspecified atom stereocenters. The maximum atomic E-state index is 6.42. The second kappa shape index (κ2) is 11.2. The summed E-state index contributed by atoms with van der Waals surface area (Å²) in [6.07, 6.45) is 0. The largest absolute Gasteiger partial charge is 0.456 e. The summed E-state index contributed by atoms with van der Waals surface area (Å²) in [5, 5.41) is 7.38. The minimum atomic E-state index is 0.876. The summed E-state index contributed by atoms with van der Waals surface area (Å²) in [5.41, 5.74) is 9.77. The Morgan fingerprint density at radius 3 is 1.84 bits per heavy atom. The van der Waals surface area contributed by atoms with Gasteiger partial charge in [0.15, 0.2) is 0 Å². The molecule has 0 atom stereocenters. The zero-order chi connectivity index (χ0) is 32.3. The second-order valence-corrected chi connectivity index (χ2v) is 13.6. The maximum Gasteiger partial charge on any atom is 0.137 e. The van der Waals surface area contributed by atoms with E-state index in [1.807, 2.05) is 23.5 Å². The Labute approximate surface area is 287 Å². The first-order valence-electron chi connectivity index (χ1n) is 16.6. The van der Waals surface area contributed by atoms with E-state index in [1.54, 1.807) is 0 Å². The van der Waals surface area contributed by atoms with Gasteiger partial charge < -0.3 is 9.32 Å². The molecule has 0 aliphatic rings. The van der Waals surface area contributed by atoms with Crippen molar-refractivity contribution in [2.24, 2.45) is 0 Å². The number of rotatable bonds is 5. The number of para-hydroxylation sites is 1. The van der Waals surface area contributed by atoms with Crippen LogP contribution in [0, 0.1) is 0 Å². The molecule has 0 saturated carbocycles. The average Bonchev–Trinajstić information content (AvgIpc) is 3.74. The summed E-state index contributed by atoms with van der Waals surface area (Å²) in [6, 6.07) is 63.2. The summed E-state index contributed by atoms with van der Waals surface area (Å²) in [7, 11) is 0. The molecule has 0 N–H and O–H groups in total. The Kier molecular flexibility index (Phi) is 6.39. The van der Waals surface area contributed by atoms with Crippen LogP contribution >= 0.6 is 11.3 Å². The molecule has 0 aliphatic carbocycles. The second-order valence-electron chi connectivity index (χ2n) is 12.5. The van der Waals surface area contributed by atoms with Gasteiger partial charge in [-0.25, -0.2) is 0 Å². The van der Waals surface area contributed by atoms with Gasteiger partial charge in [0.05, 0.1) is 0 Å². The molecule has 230 valence electrons. The van der Waals surface area contributed by atoms with Crippen LogP contribution in [0.3, 0.4) is 0 Å². The van der Waals surface area contributed by atoms with E-state index in [-0.39, 0.29) is 0 Å². The van der Waals surface area contributed by atoms with Gasteiger partial charge in [0.25, 0.3) is 0 Å². The van der Waals surface area contributed by atoms with Crippen molar-refractivity contribution in [1.29, 1.82) is 0 Å². The first kappa shape index (κ1) is 27.9. The lowest BCUT2D eigenvalue weighted by Gasteiger charge is -2.27. The number of hydrogen-bond donors (Lipinski definition) is 0. The van der Waals surface area contributed by atoms with Crippen LogP contribution in [0.5, 0.6) is 0 Å². The molecule has 10 rings (SSSR count). The van der Waals surface area contributed by atoms with Crippen molar-refractivity contribution < 1.29 is 4.42 Å². The molecule has 0 aliphatic heterocycles. The number of hydrogen-bond acceptors (Lipinski definition) is 3.